The Morgan fingerprint density at radius 1 is 1.35 bits per heavy atom. The van der Waals surface area contributed by atoms with Crippen LogP contribution in [0.4, 0.5) is 4.79 Å². The van der Waals surface area contributed by atoms with Gasteiger partial charge in [-0.15, -0.1) is 11.3 Å². The molecule has 0 spiro atoms. The number of rotatable bonds is 2. The Labute approximate surface area is 122 Å². The van der Waals surface area contributed by atoms with Gasteiger partial charge in [-0.05, 0) is 31.9 Å². The normalized spacial score (nSPS) is 16.2. The van der Waals surface area contributed by atoms with Crippen LogP contribution in [-0.4, -0.2) is 17.1 Å². The zero-order valence-corrected chi connectivity index (χ0v) is 12.3. The van der Waals surface area contributed by atoms with Crippen LogP contribution in [0, 0.1) is 6.92 Å². The maximum atomic E-state index is 11.9. The Kier molecular flexibility index (Phi) is 3.87. The monoisotopic (exact) mass is 290 g/mol. The molecule has 5 heteroatoms. The van der Waals surface area contributed by atoms with Crippen molar-refractivity contribution in [3.63, 3.8) is 0 Å². The first-order chi connectivity index (χ1) is 9.70. The summed E-state index contributed by atoms with van der Waals surface area (Å²) in [5.41, 5.74) is 0.885. The van der Waals surface area contributed by atoms with E-state index in [4.69, 9.17) is 4.74 Å². The lowest BCUT2D eigenvalue weighted by Gasteiger charge is -2.22. The average molecular weight is 290 g/mol. The van der Waals surface area contributed by atoms with Crippen LogP contribution in [0.15, 0.2) is 18.2 Å². The summed E-state index contributed by atoms with van der Waals surface area (Å²) in [5.74, 6) is 0.552. The van der Waals surface area contributed by atoms with Gasteiger partial charge in [-0.1, -0.05) is 19.3 Å². The number of aryl methyl sites for hydroxylation is 1. The zero-order chi connectivity index (χ0) is 13.9. The fourth-order valence-corrected chi connectivity index (χ4v) is 3.44. The maximum absolute atomic E-state index is 11.9. The Morgan fingerprint density at radius 2 is 2.15 bits per heavy atom. The van der Waals surface area contributed by atoms with E-state index in [1.54, 1.807) is 11.3 Å². The highest BCUT2D eigenvalue weighted by molar-refractivity contribution is 7.18. The molecule has 1 N–H and O–H groups in total. The second kappa shape index (κ2) is 5.79. The van der Waals surface area contributed by atoms with Gasteiger partial charge in [0.05, 0.1) is 15.2 Å². The number of thiazole rings is 1. The molecule has 0 bridgehead atoms. The maximum Gasteiger partial charge on any atom is 0.412 e. The number of aromatic nitrogens is 1. The predicted octanol–water partition coefficient (Wildman–Crippen LogP) is 4.03. The van der Waals surface area contributed by atoms with Crippen LogP contribution in [0.5, 0.6) is 5.75 Å². The van der Waals surface area contributed by atoms with Gasteiger partial charge in [-0.3, -0.25) is 0 Å². The van der Waals surface area contributed by atoms with E-state index in [9.17, 15) is 4.79 Å². The molecule has 0 atom stereocenters. The molecule has 4 nitrogen and oxygen atoms in total. The van der Waals surface area contributed by atoms with Gasteiger partial charge in [0.2, 0.25) is 0 Å². The molecule has 0 unspecified atom stereocenters. The second-order valence-electron chi connectivity index (χ2n) is 5.23. The quantitative estimate of drug-likeness (QED) is 0.908. The number of hydrogen-bond acceptors (Lipinski definition) is 4. The Bertz CT molecular complexity index is 617. The van der Waals surface area contributed by atoms with Crippen LogP contribution in [-0.2, 0) is 0 Å². The molecule has 0 radical (unpaired) electrons. The standard InChI is InChI=1S/C15H18N2O2S/c1-10-16-13-9-12(7-8-14(13)20-10)19-15(18)17-11-5-3-2-4-6-11/h7-9,11H,2-6H2,1H3,(H,17,18). The van der Waals surface area contributed by atoms with Crippen molar-refractivity contribution in [2.75, 3.05) is 0 Å². The number of fused-ring (bicyclic) bond motifs is 1. The summed E-state index contributed by atoms with van der Waals surface area (Å²) in [5, 5.41) is 3.96. The Morgan fingerprint density at radius 3 is 2.95 bits per heavy atom. The number of ether oxygens (including phenoxy) is 1. The fourth-order valence-electron chi connectivity index (χ4n) is 2.64. The molecule has 1 aromatic heterocycles. The molecule has 1 aliphatic rings. The van der Waals surface area contributed by atoms with Gasteiger partial charge < -0.3 is 10.1 Å². The van der Waals surface area contributed by atoms with Gasteiger partial charge in [-0.25, -0.2) is 9.78 Å². The van der Waals surface area contributed by atoms with Crippen LogP contribution in [0.1, 0.15) is 37.1 Å². The van der Waals surface area contributed by atoms with Crippen LogP contribution >= 0.6 is 11.3 Å². The average Bonchev–Trinajstić information content (AvgIpc) is 2.79. The number of hydrogen-bond donors (Lipinski definition) is 1. The summed E-state index contributed by atoms with van der Waals surface area (Å²) in [4.78, 5) is 16.3. The third kappa shape index (κ3) is 3.10. The summed E-state index contributed by atoms with van der Waals surface area (Å²) in [6.45, 7) is 1.97. The SMILES string of the molecule is Cc1nc2cc(OC(=O)NC3CCCCC3)ccc2s1. The summed E-state index contributed by atoms with van der Waals surface area (Å²) in [6.07, 6.45) is 5.40. The van der Waals surface area contributed by atoms with E-state index in [-0.39, 0.29) is 12.1 Å². The van der Waals surface area contributed by atoms with E-state index >= 15 is 0 Å². The van der Waals surface area contributed by atoms with Gasteiger partial charge in [-0.2, -0.15) is 0 Å². The molecule has 1 aromatic carbocycles. The minimum absolute atomic E-state index is 0.265. The van der Waals surface area contributed by atoms with Crippen molar-refractivity contribution in [2.45, 2.75) is 45.1 Å². The smallest absolute Gasteiger partial charge is 0.410 e. The largest absolute Gasteiger partial charge is 0.412 e. The lowest BCUT2D eigenvalue weighted by Crippen LogP contribution is -2.37. The van der Waals surface area contributed by atoms with E-state index in [2.05, 4.69) is 10.3 Å². The van der Waals surface area contributed by atoms with Crippen LogP contribution < -0.4 is 10.1 Å². The summed E-state index contributed by atoms with van der Waals surface area (Å²) in [7, 11) is 0. The molecule has 0 saturated heterocycles. The van der Waals surface area contributed by atoms with Gasteiger partial charge >= 0.3 is 6.09 Å². The third-order valence-corrected chi connectivity index (χ3v) is 4.56. The number of nitrogens with zero attached hydrogens (tertiary/aromatic N) is 1. The Balaban J connectivity index is 1.64. The lowest BCUT2D eigenvalue weighted by molar-refractivity contribution is 0.192. The van der Waals surface area contributed by atoms with E-state index in [1.807, 2.05) is 25.1 Å². The topological polar surface area (TPSA) is 51.2 Å². The van der Waals surface area contributed by atoms with Crippen LogP contribution in [0.3, 0.4) is 0 Å². The molecule has 1 heterocycles. The molecule has 3 rings (SSSR count). The molecule has 1 aliphatic carbocycles. The molecular weight excluding hydrogens is 272 g/mol. The number of carbonyl (C=O) groups excluding carboxylic acids is 1. The van der Waals surface area contributed by atoms with E-state index in [0.717, 1.165) is 28.1 Å². The fraction of sp³-hybridized carbons (Fsp3) is 0.467. The molecule has 1 fully saturated rings. The highest BCUT2D eigenvalue weighted by Gasteiger charge is 2.16. The van der Waals surface area contributed by atoms with Crippen molar-refractivity contribution >= 4 is 27.6 Å². The molecule has 106 valence electrons. The van der Waals surface area contributed by atoms with Crippen LogP contribution in [0.2, 0.25) is 0 Å². The highest BCUT2D eigenvalue weighted by Crippen LogP contribution is 2.25. The number of amides is 1. The molecular formula is C15H18N2O2S. The summed E-state index contributed by atoms with van der Waals surface area (Å²) in [6, 6.07) is 5.85. The Hall–Kier alpha value is -1.62. The molecule has 20 heavy (non-hydrogen) atoms. The van der Waals surface area contributed by atoms with Crippen molar-refractivity contribution < 1.29 is 9.53 Å². The first-order valence-corrected chi connectivity index (χ1v) is 7.88. The highest BCUT2D eigenvalue weighted by atomic mass is 32.1. The second-order valence-corrected chi connectivity index (χ2v) is 6.47. The number of carbonyl (C=O) groups is 1. The molecule has 1 saturated carbocycles. The van der Waals surface area contributed by atoms with Crippen molar-refractivity contribution in [1.82, 2.24) is 10.3 Å². The first-order valence-electron chi connectivity index (χ1n) is 7.06. The van der Waals surface area contributed by atoms with Gasteiger partial charge in [0.15, 0.2) is 0 Å². The minimum Gasteiger partial charge on any atom is -0.410 e. The predicted molar refractivity (Wildman–Crippen MR) is 80.4 cm³/mol. The van der Waals surface area contributed by atoms with E-state index < -0.39 is 0 Å². The van der Waals surface area contributed by atoms with Crippen molar-refractivity contribution in [3.05, 3.63) is 23.2 Å². The van der Waals surface area contributed by atoms with Gasteiger partial charge in [0.1, 0.15) is 5.75 Å². The molecule has 0 aliphatic heterocycles. The lowest BCUT2D eigenvalue weighted by atomic mass is 9.96. The number of nitrogens with one attached hydrogen (secondary N) is 1. The summed E-state index contributed by atoms with van der Waals surface area (Å²) >= 11 is 1.64. The van der Waals surface area contributed by atoms with Crippen molar-refractivity contribution in [2.24, 2.45) is 0 Å². The zero-order valence-electron chi connectivity index (χ0n) is 11.5. The van der Waals surface area contributed by atoms with E-state index in [1.165, 1.54) is 19.3 Å². The number of benzene rings is 1. The first kappa shape index (κ1) is 13.4. The van der Waals surface area contributed by atoms with Crippen LogP contribution in [0.25, 0.3) is 10.2 Å². The molecule has 2 aromatic rings. The van der Waals surface area contributed by atoms with E-state index in [0.29, 0.717) is 5.75 Å². The van der Waals surface area contributed by atoms with Crippen molar-refractivity contribution in [1.29, 1.82) is 0 Å². The third-order valence-electron chi connectivity index (χ3n) is 3.60. The van der Waals surface area contributed by atoms with Crippen molar-refractivity contribution in [3.8, 4) is 5.75 Å². The van der Waals surface area contributed by atoms with Gasteiger partial charge in [0, 0.05) is 12.1 Å². The molecule has 1 amide bonds. The minimum atomic E-state index is -0.358. The summed E-state index contributed by atoms with van der Waals surface area (Å²) < 4.78 is 6.46. The van der Waals surface area contributed by atoms with Gasteiger partial charge in [0.25, 0.3) is 0 Å².